The van der Waals surface area contributed by atoms with E-state index in [9.17, 15) is 18.0 Å². The number of rotatable bonds is 6. The van der Waals surface area contributed by atoms with Gasteiger partial charge in [0.25, 0.3) is 5.91 Å². The molecule has 0 aliphatic heterocycles. The Balaban J connectivity index is 2.34. The number of primary amides is 1. The van der Waals surface area contributed by atoms with Gasteiger partial charge < -0.3 is 11.1 Å². The van der Waals surface area contributed by atoms with Crippen molar-refractivity contribution in [1.29, 1.82) is 0 Å². The highest BCUT2D eigenvalue weighted by molar-refractivity contribution is 7.92. The van der Waals surface area contributed by atoms with Crippen molar-refractivity contribution in [3.05, 3.63) is 59.7 Å². The lowest BCUT2D eigenvalue weighted by Gasteiger charge is -2.28. The van der Waals surface area contributed by atoms with Gasteiger partial charge in [-0.2, -0.15) is 0 Å². The highest BCUT2D eigenvalue weighted by Crippen LogP contribution is 2.23. The van der Waals surface area contributed by atoms with Crippen LogP contribution in [0.5, 0.6) is 0 Å². The van der Waals surface area contributed by atoms with Crippen molar-refractivity contribution in [3.8, 4) is 0 Å². The third-order valence-corrected chi connectivity index (χ3v) is 5.07. The Morgan fingerprint density at radius 3 is 2.19 bits per heavy atom. The predicted octanol–water partition coefficient (Wildman–Crippen LogP) is 1.89. The summed E-state index contributed by atoms with van der Waals surface area (Å²) >= 11 is 0. The van der Waals surface area contributed by atoms with Crippen LogP contribution in [-0.2, 0) is 14.8 Å². The number of amides is 2. The zero-order chi connectivity index (χ0) is 19.5. The van der Waals surface area contributed by atoms with E-state index in [1.807, 2.05) is 6.92 Å². The number of carbonyl (C=O) groups excluding carboxylic acids is 2. The molecule has 2 aromatic carbocycles. The summed E-state index contributed by atoms with van der Waals surface area (Å²) in [6, 6.07) is 12.0. The van der Waals surface area contributed by atoms with Crippen LogP contribution in [0.1, 0.15) is 22.8 Å². The molecule has 0 bridgehead atoms. The molecular formula is C18H21N3O4S. The molecule has 0 saturated carbocycles. The Hall–Kier alpha value is -2.87. The lowest BCUT2D eigenvalue weighted by atomic mass is 10.1. The van der Waals surface area contributed by atoms with Crippen LogP contribution in [0, 0.1) is 6.92 Å². The summed E-state index contributed by atoms with van der Waals surface area (Å²) in [7, 11) is -3.71. The van der Waals surface area contributed by atoms with Gasteiger partial charge in [0.15, 0.2) is 0 Å². The Bertz CT molecular complexity index is 924. The molecule has 0 spiro atoms. The normalized spacial score (nSPS) is 12.3. The third-order valence-electron chi connectivity index (χ3n) is 3.83. The second kappa shape index (κ2) is 7.57. The van der Waals surface area contributed by atoms with E-state index in [-0.39, 0.29) is 11.3 Å². The maximum atomic E-state index is 12.6. The van der Waals surface area contributed by atoms with E-state index in [1.165, 1.54) is 19.1 Å². The number of benzene rings is 2. The molecule has 0 unspecified atom stereocenters. The van der Waals surface area contributed by atoms with Gasteiger partial charge in [-0.15, -0.1) is 0 Å². The molecule has 0 fully saturated rings. The number of hydrogen-bond donors (Lipinski definition) is 2. The number of aryl methyl sites for hydroxylation is 1. The molecule has 0 aromatic heterocycles. The van der Waals surface area contributed by atoms with Crippen LogP contribution in [-0.4, -0.2) is 32.5 Å². The van der Waals surface area contributed by atoms with Gasteiger partial charge in [0.1, 0.15) is 6.04 Å². The fourth-order valence-electron chi connectivity index (χ4n) is 2.54. The molecule has 3 N–H and O–H groups in total. The van der Waals surface area contributed by atoms with E-state index in [0.717, 1.165) is 16.1 Å². The molecule has 2 rings (SSSR count). The molecule has 0 aliphatic rings. The fourth-order valence-corrected chi connectivity index (χ4v) is 3.72. The summed E-state index contributed by atoms with van der Waals surface area (Å²) in [6.07, 6.45) is 1.04. The average molecular weight is 375 g/mol. The van der Waals surface area contributed by atoms with Crippen molar-refractivity contribution in [2.75, 3.05) is 15.9 Å². The van der Waals surface area contributed by atoms with Crippen molar-refractivity contribution < 1.29 is 18.0 Å². The first-order valence-electron chi connectivity index (χ1n) is 7.87. The lowest BCUT2D eigenvalue weighted by Crippen LogP contribution is -2.45. The zero-order valence-corrected chi connectivity index (χ0v) is 15.6. The van der Waals surface area contributed by atoms with Crippen LogP contribution in [0.3, 0.4) is 0 Å². The summed E-state index contributed by atoms with van der Waals surface area (Å²) in [6.45, 7) is 3.36. The smallest absolute Gasteiger partial charge is 0.250 e. The van der Waals surface area contributed by atoms with Crippen LogP contribution in [0.4, 0.5) is 11.4 Å². The molecule has 8 heteroatoms. The van der Waals surface area contributed by atoms with Crippen molar-refractivity contribution in [2.45, 2.75) is 19.9 Å². The number of nitrogens with two attached hydrogens (primary N) is 1. The van der Waals surface area contributed by atoms with E-state index in [2.05, 4.69) is 5.32 Å². The predicted molar refractivity (Wildman–Crippen MR) is 102 cm³/mol. The Labute approximate surface area is 152 Å². The number of nitrogens with zero attached hydrogens (tertiary/aromatic N) is 1. The van der Waals surface area contributed by atoms with Crippen molar-refractivity contribution in [2.24, 2.45) is 5.73 Å². The summed E-state index contributed by atoms with van der Waals surface area (Å²) in [5, 5.41) is 2.58. The molecule has 7 nitrogen and oxygen atoms in total. The summed E-state index contributed by atoms with van der Waals surface area (Å²) in [4.78, 5) is 24.1. The highest BCUT2D eigenvalue weighted by atomic mass is 32.2. The maximum Gasteiger partial charge on any atom is 0.250 e. The molecule has 138 valence electrons. The fraction of sp³-hybridized carbons (Fsp3) is 0.222. The van der Waals surface area contributed by atoms with Crippen molar-refractivity contribution in [1.82, 2.24) is 0 Å². The molecule has 0 heterocycles. The van der Waals surface area contributed by atoms with Crippen molar-refractivity contribution >= 4 is 33.2 Å². The maximum absolute atomic E-state index is 12.6. The molecule has 1 atom stereocenters. The second-order valence-corrected chi connectivity index (χ2v) is 7.83. The third kappa shape index (κ3) is 4.40. The largest absolute Gasteiger partial charge is 0.366 e. The van der Waals surface area contributed by atoms with Crippen LogP contribution < -0.4 is 15.4 Å². The zero-order valence-electron chi connectivity index (χ0n) is 14.8. The molecule has 2 amide bonds. The van der Waals surface area contributed by atoms with E-state index in [0.29, 0.717) is 5.69 Å². The summed E-state index contributed by atoms with van der Waals surface area (Å²) < 4.78 is 25.6. The summed E-state index contributed by atoms with van der Waals surface area (Å²) in [5.41, 5.74) is 7.03. The first-order valence-corrected chi connectivity index (χ1v) is 9.72. The van der Waals surface area contributed by atoms with Crippen LogP contribution >= 0.6 is 0 Å². The SMILES string of the molecule is Cc1ccc(N([C@@H](C)C(=O)Nc2ccccc2C(N)=O)S(C)(=O)=O)cc1. The quantitative estimate of drug-likeness (QED) is 0.803. The minimum Gasteiger partial charge on any atom is -0.366 e. The Morgan fingerprint density at radius 2 is 1.65 bits per heavy atom. The molecule has 26 heavy (non-hydrogen) atoms. The minimum absolute atomic E-state index is 0.147. The van der Waals surface area contributed by atoms with Gasteiger partial charge in [0.2, 0.25) is 15.9 Å². The number of anilines is 2. The van der Waals surface area contributed by atoms with Gasteiger partial charge in [-0.3, -0.25) is 13.9 Å². The van der Waals surface area contributed by atoms with Crippen LogP contribution in [0.25, 0.3) is 0 Å². The number of sulfonamides is 1. The standard InChI is InChI=1S/C18H21N3O4S/c1-12-8-10-14(11-9-12)21(26(3,24)25)13(2)18(23)20-16-7-5-4-6-15(16)17(19)22/h4-11,13H,1-3H3,(H2,19,22)(H,20,23)/t13-/m0/s1. The highest BCUT2D eigenvalue weighted by Gasteiger charge is 2.29. The second-order valence-electron chi connectivity index (χ2n) is 5.97. The van der Waals surface area contributed by atoms with Crippen LogP contribution in [0.2, 0.25) is 0 Å². The molecular weight excluding hydrogens is 354 g/mol. The first kappa shape index (κ1) is 19.5. The van der Waals surface area contributed by atoms with E-state index in [4.69, 9.17) is 5.73 Å². The van der Waals surface area contributed by atoms with Gasteiger partial charge >= 0.3 is 0 Å². The molecule has 0 aliphatic carbocycles. The number of hydrogen-bond acceptors (Lipinski definition) is 4. The monoisotopic (exact) mass is 375 g/mol. The van der Waals surface area contributed by atoms with Gasteiger partial charge in [0, 0.05) is 0 Å². The average Bonchev–Trinajstić information content (AvgIpc) is 2.55. The van der Waals surface area contributed by atoms with Gasteiger partial charge in [-0.25, -0.2) is 8.42 Å². The number of carbonyl (C=O) groups is 2. The lowest BCUT2D eigenvalue weighted by molar-refractivity contribution is -0.116. The Morgan fingerprint density at radius 1 is 1.08 bits per heavy atom. The van der Waals surface area contributed by atoms with Gasteiger partial charge in [0.05, 0.1) is 23.2 Å². The molecule has 0 saturated heterocycles. The van der Waals surface area contributed by atoms with Gasteiger partial charge in [-0.1, -0.05) is 29.8 Å². The first-order chi connectivity index (χ1) is 12.1. The number of para-hydroxylation sites is 1. The molecule has 2 aromatic rings. The van der Waals surface area contributed by atoms with E-state index >= 15 is 0 Å². The number of nitrogens with one attached hydrogen (secondary N) is 1. The van der Waals surface area contributed by atoms with Gasteiger partial charge in [-0.05, 0) is 38.1 Å². The summed E-state index contributed by atoms with van der Waals surface area (Å²) in [5.74, 6) is -1.27. The minimum atomic E-state index is -3.71. The topological polar surface area (TPSA) is 110 Å². The van der Waals surface area contributed by atoms with E-state index < -0.39 is 27.9 Å². The Kier molecular flexibility index (Phi) is 5.66. The van der Waals surface area contributed by atoms with Crippen LogP contribution in [0.15, 0.2) is 48.5 Å². The molecule has 0 radical (unpaired) electrons. The van der Waals surface area contributed by atoms with Crippen molar-refractivity contribution in [3.63, 3.8) is 0 Å². The van der Waals surface area contributed by atoms with E-state index in [1.54, 1.807) is 36.4 Å².